The van der Waals surface area contributed by atoms with Gasteiger partial charge in [-0.15, -0.1) is 0 Å². The molecule has 0 unspecified atom stereocenters. The topological polar surface area (TPSA) is 93.1 Å². The molecule has 6 heteroatoms. The van der Waals surface area contributed by atoms with E-state index in [-0.39, 0.29) is 24.4 Å². The van der Waals surface area contributed by atoms with Gasteiger partial charge in [-0.05, 0) is 5.41 Å². The second-order valence-electron chi connectivity index (χ2n) is 4.33. The monoisotopic (exact) mass is 244 g/mol. The predicted molar refractivity (Wildman–Crippen MR) is 59.5 cm³/mol. The van der Waals surface area contributed by atoms with Crippen molar-refractivity contribution in [2.24, 2.45) is 5.41 Å². The van der Waals surface area contributed by atoms with Crippen molar-refractivity contribution in [1.82, 2.24) is 0 Å². The lowest BCUT2D eigenvalue weighted by Crippen LogP contribution is -2.16. The summed E-state index contributed by atoms with van der Waals surface area (Å²) >= 11 is 0. The molecule has 0 amide bonds. The molecule has 0 atom stereocenters. The van der Waals surface area contributed by atoms with E-state index in [9.17, 15) is 9.59 Å². The van der Waals surface area contributed by atoms with Gasteiger partial charge in [0, 0.05) is 12.8 Å². The average Bonchev–Trinajstić information content (AvgIpc) is 1.95. The number of hydrogen-bond acceptors (Lipinski definition) is 4. The molecule has 0 aromatic rings. The van der Waals surface area contributed by atoms with Gasteiger partial charge < -0.3 is 19.7 Å². The first kappa shape index (κ1) is 15.0. The Balaban J connectivity index is 4.28. The molecule has 0 aromatic carbocycles. The molecule has 0 aliphatic heterocycles. The highest BCUT2D eigenvalue weighted by molar-refractivity contribution is 5.58. The van der Waals surface area contributed by atoms with Crippen LogP contribution >= 0.6 is 0 Å². The molecular formula is C11H16O6. The first-order valence-electron chi connectivity index (χ1n) is 4.79. The van der Waals surface area contributed by atoms with Crippen LogP contribution in [0.2, 0.25) is 0 Å². The standard InChI is InChI=1S/C11H16O6/c1-7(16-9(12)13)5-11(3,4)6-8(2)17-10(14)15/h1-2,5-6H2,3-4H3,(H,12,13)(H,14,15). The van der Waals surface area contributed by atoms with Gasteiger partial charge in [-0.2, -0.15) is 0 Å². The highest BCUT2D eigenvalue weighted by atomic mass is 16.7. The van der Waals surface area contributed by atoms with Gasteiger partial charge in [0.1, 0.15) is 11.5 Å². The SMILES string of the molecule is C=C(CC(C)(C)CC(=C)OC(=O)O)OC(=O)O. The summed E-state index contributed by atoms with van der Waals surface area (Å²) in [7, 11) is 0. The van der Waals surface area contributed by atoms with Gasteiger partial charge >= 0.3 is 12.3 Å². The maximum atomic E-state index is 10.3. The molecule has 0 aromatic heterocycles. The van der Waals surface area contributed by atoms with E-state index < -0.39 is 17.7 Å². The lowest BCUT2D eigenvalue weighted by molar-refractivity contribution is 0.103. The predicted octanol–water partition coefficient (Wildman–Crippen LogP) is 3.21. The highest BCUT2D eigenvalue weighted by Crippen LogP contribution is 2.32. The zero-order valence-electron chi connectivity index (χ0n) is 9.86. The van der Waals surface area contributed by atoms with Crippen LogP contribution in [0.4, 0.5) is 9.59 Å². The van der Waals surface area contributed by atoms with Gasteiger partial charge in [-0.3, -0.25) is 0 Å². The third kappa shape index (κ3) is 7.89. The van der Waals surface area contributed by atoms with Crippen LogP contribution in [0.25, 0.3) is 0 Å². The summed E-state index contributed by atoms with van der Waals surface area (Å²) in [6.45, 7) is 10.5. The molecule has 0 heterocycles. The van der Waals surface area contributed by atoms with E-state index in [4.69, 9.17) is 10.2 Å². The maximum Gasteiger partial charge on any atom is 0.510 e. The molecule has 0 saturated heterocycles. The molecule has 0 aliphatic carbocycles. The second-order valence-corrected chi connectivity index (χ2v) is 4.33. The van der Waals surface area contributed by atoms with Crippen molar-refractivity contribution in [1.29, 1.82) is 0 Å². The van der Waals surface area contributed by atoms with Crippen LogP contribution in [0.15, 0.2) is 24.7 Å². The molecule has 0 bridgehead atoms. The lowest BCUT2D eigenvalue weighted by Gasteiger charge is -2.24. The molecule has 0 rings (SSSR count). The molecule has 0 aliphatic rings. The summed E-state index contributed by atoms with van der Waals surface area (Å²) in [6, 6.07) is 0. The molecule has 0 fully saturated rings. The molecular weight excluding hydrogens is 228 g/mol. The Morgan fingerprint density at radius 1 is 1.00 bits per heavy atom. The Morgan fingerprint density at radius 3 is 1.53 bits per heavy atom. The van der Waals surface area contributed by atoms with Crippen LogP contribution in [0.5, 0.6) is 0 Å². The molecule has 0 spiro atoms. The minimum absolute atomic E-state index is 0.0885. The van der Waals surface area contributed by atoms with Gasteiger partial charge in [-0.1, -0.05) is 27.0 Å². The zero-order chi connectivity index (χ0) is 13.6. The van der Waals surface area contributed by atoms with E-state index in [1.807, 2.05) is 0 Å². The number of rotatable bonds is 6. The zero-order valence-corrected chi connectivity index (χ0v) is 9.86. The number of carboxylic acid groups (broad SMARTS) is 2. The summed E-state index contributed by atoms with van der Waals surface area (Å²) in [5, 5.41) is 16.8. The molecule has 0 saturated carbocycles. The van der Waals surface area contributed by atoms with Crippen LogP contribution in [-0.4, -0.2) is 22.5 Å². The van der Waals surface area contributed by atoms with E-state index in [0.717, 1.165) is 0 Å². The fraction of sp³-hybridized carbons (Fsp3) is 0.455. The Kier molecular flexibility index (Phi) is 5.24. The number of carbonyl (C=O) groups is 2. The van der Waals surface area contributed by atoms with E-state index in [0.29, 0.717) is 0 Å². The van der Waals surface area contributed by atoms with Crippen LogP contribution < -0.4 is 0 Å². The van der Waals surface area contributed by atoms with E-state index in [1.54, 1.807) is 13.8 Å². The third-order valence-electron chi connectivity index (χ3n) is 1.81. The van der Waals surface area contributed by atoms with Crippen molar-refractivity contribution in [3.63, 3.8) is 0 Å². The third-order valence-corrected chi connectivity index (χ3v) is 1.81. The van der Waals surface area contributed by atoms with E-state index in [1.165, 1.54) is 0 Å². The number of hydrogen-bond donors (Lipinski definition) is 2. The average molecular weight is 244 g/mol. The lowest BCUT2D eigenvalue weighted by atomic mass is 9.84. The minimum atomic E-state index is -1.42. The fourth-order valence-electron chi connectivity index (χ4n) is 1.45. The summed E-state index contributed by atoms with van der Waals surface area (Å²) in [6.07, 6.45) is -2.35. The molecule has 2 N–H and O–H groups in total. The van der Waals surface area contributed by atoms with E-state index in [2.05, 4.69) is 22.6 Å². The largest absolute Gasteiger partial charge is 0.510 e. The van der Waals surface area contributed by atoms with Gasteiger partial charge in [0.15, 0.2) is 0 Å². The first-order valence-corrected chi connectivity index (χ1v) is 4.79. The Labute approximate surface area is 99.1 Å². The van der Waals surface area contributed by atoms with Crippen LogP contribution in [0.3, 0.4) is 0 Å². The van der Waals surface area contributed by atoms with Crippen LogP contribution in [-0.2, 0) is 9.47 Å². The summed E-state index contributed by atoms with van der Waals surface area (Å²) in [5.41, 5.74) is -0.459. The van der Waals surface area contributed by atoms with Crippen molar-refractivity contribution >= 4 is 12.3 Å². The van der Waals surface area contributed by atoms with Crippen molar-refractivity contribution in [3.8, 4) is 0 Å². The molecule has 96 valence electrons. The number of ether oxygens (including phenoxy) is 2. The summed E-state index contributed by atoms with van der Waals surface area (Å²) < 4.78 is 8.77. The van der Waals surface area contributed by atoms with Crippen molar-refractivity contribution < 1.29 is 29.3 Å². The smallest absolute Gasteiger partial charge is 0.449 e. The summed E-state index contributed by atoms with van der Waals surface area (Å²) in [4.78, 5) is 20.5. The molecule has 17 heavy (non-hydrogen) atoms. The van der Waals surface area contributed by atoms with Crippen LogP contribution in [0.1, 0.15) is 26.7 Å². The van der Waals surface area contributed by atoms with Crippen molar-refractivity contribution in [2.75, 3.05) is 0 Å². The number of allylic oxidation sites excluding steroid dienone is 2. The normalized spacial score (nSPS) is 10.5. The fourth-order valence-corrected chi connectivity index (χ4v) is 1.45. The van der Waals surface area contributed by atoms with Gasteiger partial charge in [0.25, 0.3) is 0 Å². The minimum Gasteiger partial charge on any atom is -0.449 e. The summed E-state index contributed by atoms with van der Waals surface area (Å²) in [5.74, 6) is 0.177. The molecule has 6 nitrogen and oxygen atoms in total. The van der Waals surface area contributed by atoms with Gasteiger partial charge in [-0.25, -0.2) is 9.59 Å². The van der Waals surface area contributed by atoms with Crippen LogP contribution in [0, 0.1) is 5.41 Å². The highest BCUT2D eigenvalue weighted by Gasteiger charge is 2.23. The second kappa shape index (κ2) is 5.93. The van der Waals surface area contributed by atoms with Gasteiger partial charge in [0.05, 0.1) is 0 Å². The van der Waals surface area contributed by atoms with E-state index >= 15 is 0 Å². The first-order chi connectivity index (χ1) is 7.62. The Morgan fingerprint density at radius 2 is 1.29 bits per heavy atom. The Hall–Kier alpha value is -1.98. The quantitative estimate of drug-likeness (QED) is 0.550. The van der Waals surface area contributed by atoms with Crippen molar-refractivity contribution in [2.45, 2.75) is 26.7 Å². The maximum absolute atomic E-state index is 10.3. The van der Waals surface area contributed by atoms with Gasteiger partial charge in [0.2, 0.25) is 0 Å². The van der Waals surface area contributed by atoms with Crippen molar-refractivity contribution in [3.05, 3.63) is 24.7 Å². The Bertz CT molecular complexity index is 310. The molecule has 0 radical (unpaired) electrons.